The molecule has 0 aliphatic carbocycles. The topological polar surface area (TPSA) is 44.1 Å². The molecule has 1 heterocycles. The van der Waals surface area contributed by atoms with Crippen LogP contribution in [0.2, 0.25) is 5.15 Å². The van der Waals surface area contributed by atoms with E-state index in [0.29, 0.717) is 11.1 Å². The van der Waals surface area contributed by atoms with Crippen molar-refractivity contribution in [1.82, 2.24) is 9.78 Å². The summed E-state index contributed by atoms with van der Waals surface area (Å²) in [5, 5.41) is 4.06. The maximum absolute atomic E-state index is 13.1. The van der Waals surface area contributed by atoms with E-state index in [2.05, 4.69) is 9.84 Å². The molecule has 166 valence electrons. The highest BCUT2D eigenvalue weighted by molar-refractivity contribution is 7.85. The van der Waals surface area contributed by atoms with Crippen LogP contribution < -0.4 is 4.74 Å². The van der Waals surface area contributed by atoms with Crippen molar-refractivity contribution in [3.63, 3.8) is 0 Å². The Hall–Kier alpha value is -2.53. The van der Waals surface area contributed by atoms with Gasteiger partial charge in [-0.1, -0.05) is 30.7 Å². The maximum atomic E-state index is 13.1. The van der Waals surface area contributed by atoms with Crippen molar-refractivity contribution in [3.05, 3.63) is 59.4 Å². The monoisotopic (exact) mass is 482 g/mol. The number of nitrogens with zero attached hydrogens (tertiary/aromatic N) is 2. The van der Waals surface area contributed by atoms with Gasteiger partial charge in [-0.05, 0) is 35.9 Å². The molecule has 0 radical (unpaired) electrons. The van der Waals surface area contributed by atoms with Crippen molar-refractivity contribution in [2.24, 2.45) is 0 Å². The zero-order valence-electron chi connectivity index (χ0n) is 15.6. The van der Waals surface area contributed by atoms with E-state index >= 15 is 0 Å². The van der Waals surface area contributed by atoms with Crippen LogP contribution in [0, 0.1) is 0 Å². The molecule has 0 bridgehead atoms. The first-order chi connectivity index (χ1) is 14.4. The van der Waals surface area contributed by atoms with E-state index in [1.54, 1.807) is 6.92 Å². The van der Waals surface area contributed by atoms with Gasteiger partial charge >= 0.3 is 12.5 Å². The first-order valence-corrected chi connectivity index (χ1v) is 10.3. The van der Waals surface area contributed by atoms with Gasteiger partial charge in [0, 0.05) is 11.3 Å². The molecule has 31 heavy (non-hydrogen) atoms. The number of rotatable bonds is 5. The van der Waals surface area contributed by atoms with E-state index in [4.69, 9.17) is 11.6 Å². The number of aromatic nitrogens is 2. The Kier molecular flexibility index (Phi) is 6.38. The molecule has 0 aliphatic rings. The molecule has 0 N–H and O–H groups in total. The molecule has 3 aromatic rings. The van der Waals surface area contributed by atoms with E-state index in [1.165, 1.54) is 18.3 Å². The minimum absolute atomic E-state index is 0.0152. The summed E-state index contributed by atoms with van der Waals surface area (Å²) in [5.41, 5.74) is -0.150. The van der Waals surface area contributed by atoms with Crippen molar-refractivity contribution >= 4 is 22.4 Å². The molecule has 4 nitrogen and oxygen atoms in total. The molecule has 1 unspecified atom stereocenters. The fourth-order valence-electron chi connectivity index (χ4n) is 2.73. The quantitative estimate of drug-likeness (QED) is 0.404. The molecule has 0 aliphatic heterocycles. The van der Waals surface area contributed by atoms with Gasteiger partial charge in [0.15, 0.2) is 0 Å². The molecule has 0 saturated heterocycles. The van der Waals surface area contributed by atoms with Gasteiger partial charge < -0.3 is 4.74 Å². The summed E-state index contributed by atoms with van der Waals surface area (Å²) in [6, 6.07) is 7.56. The zero-order chi connectivity index (χ0) is 23.0. The largest absolute Gasteiger partial charge is 0.573 e. The fraction of sp³-hybridized carbons (Fsp3) is 0.211. The molecule has 0 saturated carbocycles. The molecule has 0 spiro atoms. The number of hydrogen-bond acceptors (Lipinski definition) is 3. The SMILES string of the molecule is CCS(=O)c1cc(C(F)(F)F)ccc1-n1ncc(-c2ccc(OC(F)(F)F)cc2)c1Cl. The summed E-state index contributed by atoms with van der Waals surface area (Å²) >= 11 is 6.36. The molecule has 0 amide bonds. The van der Waals surface area contributed by atoms with E-state index in [-0.39, 0.29) is 21.5 Å². The number of alkyl halides is 6. The van der Waals surface area contributed by atoms with Gasteiger partial charge in [0.2, 0.25) is 0 Å². The molecule has 1 aromatic heterocycles. The first kappa shape index (κ1) is 23.1. The summed E-state index contributed by atoms with van der Waals surface area (Å²) in [4.78, 5) is -0.0946. The first-order valence-electron chi connectivity index (χ1n) is 8.60. The van der Waals surface area contributed by atoms with Crippen LogP contribution in [0.3, 0.4) is 0 Å². The van der Waals surface area contributed by atoms with Crippen LogP contribution in [0.15, 0.2) is 53.6 Å². The third-order valence-corrected chi connectivity index (χ3v) is 5.84. The minimum atomic E-state index is -4.84. The van der Waals surface area contributed by atoms with Crippen LogP contribution in [-0.2, 0) is 17.0 Å². The minimum Gasteiger partial charge on any atom is -0.406 e. The lowest BCUT2D eigenvalue weighted by atomic mass is 10.1. The summed E-state index contributed by atoms with van der Waals surface area (Å²) in [6.45, 7) is 1.56. The smallest absolute Gasteiger partial charge is 0.406 e. The molecule has 3 rings (SSSR count). The van der Waals surface area contributed by atoms with Crippen molar-refractivity contribution in [3.8, 4) is 22.6 Å². The Balaban J connectivity index is 2.02. The predicted molar refractivity (Wildman–Crippen MR) is 103 cm³/mol. The second-order valence-electron chi connectivity index (χ2n) is 6.15. The Morgan fingerprint density at radius 1 is 1.06 bits per heavy atom. The third kappa shape index (κ3) is 5.21. The molecule has 2 aromatic carbocycles. The van der Waals surface area contributed by atoms with Gasteiger partial charge in [-0.2, -0.15) is 18.3 Å². The summed E-state index contributed by atoms with van der Waals surface area (Å²) < 4.78 is 93.5. The second kappa shape index (κ2) is 8.54. The summed E-state index contributed by atoms with van der Waals surface area (Å²) in [7, 11) is -1.75. The van der Waals surface area contributed by atoms with Crippen molar-refractivity contribution < 1.29 is 35.3 Å². The van der Waals surface area contributed by atoms with Crippen LogP contribution in [-0.4, -0.2) is 26.1 Å². The highest BCUT2D eigenvalue weighted by atomic mass is 35.5. The molecular weight excluding hydrogens is 470 g/mol. The van der Waals surface area contributed by atoms with Gasteiger partial charge in [0.05, 0.1) is 33.1 Å². The van der Waals surface area contributed by atoms with Crippen molar-refractivity contribution in [2.45, 2.75) is 24.4 Å². The third-order valence-electron chi connectivity index (χ3n) is 4.13. The maximum Gasteiger partial charge on any atom is 0.573 e. The van der Waals surface area contributed by atoms with Gasteiger partial charge in [-0.3, -0.25) is 4.21 Å². The second-order valence-corrected chi connectivity index (χ2v) is 8.21. The molecule has 12 heteroatoms. The highest BCUT2D eigenvalue weighted by Crippen LogP contribution is 2.36. The van der Waals surface area contributed by atoms with Crippen LogP contribution in [0.1, 0.15) is 12.5 Å². The Morgan fingerprint density at radius 3 is 2.26 bits per heavy atom. The molecular formula is C19H13ClF6N2O2S. The van der Waals surface area contributed by atoms with Gasteiger partial charge in [0.25, 0.3) is 0 Å². The van der Waals surface area contributed by atoms with Crippen LogP contribution in [0.4, 0.5) is 26.3 Å². The average Bonchev–Trinajstić information content (AvgIpc) is 3.06. The number of benzene rings is 2. The lowest BCUT2D eigenvalue weighted by Crippen LogP contribution is -2.16. The van der Waals surface area contributed by atoms with Crippen molar-refractivity contribution in [2.75, 3.05) is 5.75 Å². The predicted octanol–water partition coefficient (Wildman–Crippen LogP) is 6.24. The lowest BCUT2D eigenvalue weighted by Gasteiger charge is -2.14. The van der Waals surface area contributed by atoms with E-state index in [0.717, 1.165) is 35.0 Å². The van der Waals surface area contributed by atoms with Gasteiger partial charge in [-0.15, -0.1) is 13.2 Å². The number of halogens is 7. The van der Waals surface area contributed by atoms with Crippen LogP contribution in [0.5, 0.6) is 5.75 Å². The van der Waals surface area contributed by atoms with Crippen LogP contribution in [0.25, 0.3) is 16.8 Å². The Bertz CT molecular complexity index is 1110. The Morgan fingerprint density at radius 2 is 1.71 bits per heavy atom. The van der Waals surface area contributed by atoms with Gasteiger partial charge in [-0.25, -0.2) is 4.68 Å². The normalized spacial score (nSPS) is 13.3. The lowest BCUT2D eigenvalue weighted by molar-refractivity contribution is -0.274. The number of hydrogen-bond donors (Lipinski definition) is 0. The molecule has 1 atom stereocenters. The Labute approximate surface area is 179 Å². The fourth-order valence-corrected chi connectivity index (χ4v) is 3.98. The van der Waals surface area contributed by atoms with Gasteiger partial charge in [0.1, 0.15) is 10.9 Å². The van der Waals surface area contributed by atoms with Crippen molar-refractivity contribution in [1.29, 1.82) is 0 Å². The van der Waals surface area contributed by atoms with E-state index in [9.17, 15) is 30.6 Å². The summed E-state index contributed by atoms with van der Waals surface area (Å²) in [5.74, 6) is -0.357. The average molecular weight is 483 g/mol. The number of ether oxygens (including phenoxy) is 1. The summed E-state index contributed by atoms with van der Waals surface area (Å²) in [6.07, 6.45) is -8.15. The van der Waals surface area contributed by atoms with E-state index < -0.39 is 34.7 Å². The zero-order valence-corrected chi connectivity index (χ0v) is 17.2. The molecule has 0 fully saturated rings. The van der Waals surface area contributed by atoms with Crippen LogP contribution >= 0.6 is 11.6 Å². The van der Waals surface area contributed by atoms with E-state index in [1.807, 2.05) is 0 Å². The highest BCUT2D eigenvalue weighted by Gasteiger charge is 2.32. The standard InChI is InChI=1S/C19H13ClF6N2O2S/c1-2-31(29)16-9-12(18(21,22)23)5-8-15(16)28-17(20)14(10-27-28)11-3-6-13(7-4-11)30-19(24,25)26/h3-10H,2H2,1H3.